The maximum Gasteiger partial charge on any atom is 0.238 e. The summed E-state index contributed by atoms with van der Waals surface area (Å²) >= 11 is 0. The van der Waals surface area contributed by atoms with Gasteiger partial charge in [0.05, 0.1) is 11.6 Å². The average Bonchev–Trinajstić information content (AvgIpc) is 3.01. The van der Waals surface area contributed by atoms with Gasteiger partial charge in [0, 0.05) is 36.8 Å². The Bertz CT molecular complexity index is 999. The first-order valence-electron chi connectivity index (χ1n) is 12.1. The number of rotatable bonds is 4. The molecule has 5 rings (SSSR count). The second-order valence-electron chi connectivity index (χ2n) is 10.7. The molecule has 2 unspecified atom stereocenters. The molecule has 4 heterocycles. The number of nitrogens with zero attached hydrogens (tertiary/aromatic N) is 4. The molecule has 2 aromatic rings. The first kappa shape index (κ1) is 22.0. The van der Waals surface area contributed by atoms with Gasteiger partial charge in [-0.25, -0.2) is 0 Å². The summed E-state index contributed by atoms with van der Waals surface area (Å²) in [4.78, 5) is 30.0. The van der Waals surface area contributed by atoms with Crippen LogP contribution < -0.4 is 10.2 Å². The Hall–Kier alpha value is -2.80. The summed E-state index contributed by atoms with van der Waals surface area (Å²) in [6.45, 7) is 7.45. The Kier molecular flexibility index (Phi) is 5.69. The van der Waals surface area contributed by atoms with Crippen LogP contribution in [0.1, 0.15) is 57.9 Å². The minimum atomic E-state index is -0.332. The van der Waals surface area contributed by atoms with Crippen molar-refractivity contribution in [2.24, 2.45) is 11.3 Å². The number of benzene rings is 1. The van der Waals surface area contributed by atoms with Crippen molar-refractivity contribution < 1.29 is 9.59 Å². The standard InChI is InChI=1S/C26H33N5O2/c1-26(2,3)25(33)30-21-10-11-22(30)14-18(13-21)17-6-8-20(9-7-17)31(23-5-4-12-28-29-23)24(32)19-15-27-16-19/h4-9,12,18-19,21-22,27H,10-11,13-16H2,1-3H3. The lowest BCUT2D eigenvalue weighted by molar-refractivity contribution is -0.144. The molecule has 0 radical (unpaired) electrons. The molecule has 33 heavy (non-hydrogen) atoms. The van der Waals surface area contributed by atoms with Crippen LogP contribution in [-0.2, 0) is 9.59 Å². The lowest BCUT2D eigenvalue weighted by atomic mass is 9.83. The summed E-state index contributed by atoms with van der Waals surface area (Å²) in [5.74, 6) is 1.29. The van der Waals surface area contributed by atoms with Crippen molar-refractivity contribution in [2.45, 2.75) is 64.5 Å². The van der Waals surface area contributed by atoms with Crippen LogP contribution in [0.15, 0.2) is 42.6 Å². The van der Waals surface area contributed by atoms with Crippen LogP contribution >= 0.6 is 0 Å². The van der Waals surface area contributed by atoms with E-state index in [4.69, 9.17) is 0 Å². The molecule has 0 spiro atoms. The van der Waals surface area contributed by atoms with Crippen molar-refractivity contribution in [3.8, 4) is 0 Å². The van der Waals surface area contributed by atoms with Gasteiger partial charge in [0.2, 0.25) is 11.8 Å². The van der Waals surface area contributed by atoms with E-state index in [-0.39, 0.29) is 23.1 Å². The summed E-state index contributed by atoms with van der Waals surface area (Å²) in [6.07, 6.45) is 5.85. The van der Waals surface area contributed by atoms with Gasteiger partial charge in [0.15, 0.2) is 5.82 Å². The van der Waals surface area contributed by atoms with E-state index in [1.807, 2.05) is 39.0 Å². The third-order valence-electron chi connectivity index (χ3n) is 7.37. The number of amides is 2. The van der Waals surface area contributed by atoms with E-state index in [1.165, 1.54) is 5.56 Å². The second kappa shape index (κ2) is 8.52. The van der Waals surface area contributed by atoms with Crippen LogP contribution in [0.5, 0.6) is 0 Å². The van der Waals surface area contributed by atoms with Crippen molar-refractivity contribution in [3.05, 3.63) is 48.2 Å². The van der Waals surface area contributed by atoms with Gasteiger partial charge in [-0.2, -0.15) is 5.10 Å². The van der Waals surface area contributed by atoms with E-state index in [9.17, 15) is 9.59 Å². The van der Waals surface area contributed by atoms with Gasteiger partial charge in [-0.1, -0.05) is 32.9 Å². The summed E-state index contributed by atoms with van der Waals surface area (Å²) in [5, 5.41) is 11.4. The van der Waals surface area contributed by atoms with E-state index >= 15 is 0 Å². The second-order valence-corrected chi connectivity index (χ2v) is 10.7. The Morgan fingerprint density at radius 1 is 1.03 bits per heavy atom. The van der Waals surface area contributed by atoms with Crippen LogP contribution in [0.25, 0.3) is 0 Å². The summed E-state index contributed by atoms with van der Waals surface area (Å²) in [6, 6.07) is 12.7. The highest BCUT2D eigenvalue weighted by atomic mass is 16.2. The fraction of sp³-hybridized carbons (Fsp3) is 0.538. The van der Waals surface area contributed by atoms with E-state index in [0.717, 1.165) is 31.4 Å². The Balaban J connectivity index is 1.35. The third kappa shape index (κ3) is 4.14. The topological polar surface area (TPSA) is 78.4 Å². The highest BCUT2D eigenvalue weighted by molar-refractivity contribution is 6.01. The van der Waals surface area contributed by atoms with Gasteiger partial charge in [0.1, 0.15) is 0 Å². The molecule has 7 nitrogen and oxygen atoms in total. The van der Waals surface area contributed by atoms with Crippen molar-refractivity contribution >= 4 is 23.3 Å². The van der Waals surface area contributed by atoms with Crippen LogP contribution in [0.3, 0.4) is 0 Å². The quantitative estimate of drug-likeness (QED) is 0.774. The number of anilines is 2. The fourth-order valence-corrected chi connectivity index (χ4v) is 5.49. The van der Waals surface area contributed by atoms with Gasteiger partial charge in [0.25, 0.3) is 0 Å². The van der Waals surface area contributed by atoms with Gasteiger partial charge >= 0.3 is 0 Å². The molecule has 3 saturated heterocycles. The third-order valence-corrected chi connectivity index (χ3v) is 7.37. The predicted molar refractivity (Wildman–Crippen MR) is 127 cm³/mol. The van der Waals surface area contributed by atoms with Crippen molar-refractivity contribution in [1.29, 1.82) is 0 Å². The Morgan fingerprint density at radius 2 is 1.70 bits per heavy atom. The zero-order valence-corrected chi connectivity index (χ0v) is 19.7. The lowest BCUT2D eigenvalue weighted by Crippen LogP contribution is -2.51. The molecule has 3 aliphatic rings. The summed E-state index contributed by atoms with van der Waals surface area (Å²) in [5.41, 5.74) is 1.77. The summed E-state index contributed by atoms with van der Waals surface area (Å²) in [7, 11) is 0. The molecule has 7 heteroatoms. The zero-order chi connectivity index (χ0) is 23.2. The molecule has 1 aromatic carbocycles. The van der Waals surface area contributed by atoms with Crippen molar-refractivity contribution in [3.63, 3.8) is 0 Å². The fourth-order valence-electron chi connectivity index (χ4n) is 5.49. The number of hydrogen-bond donors (Lipinski definition) is 1. The molecule has 2 amide bonds. The molecule has 2 atom stereocenters. The van der Waals surface area contributed by atoms with Crippen LogP contribution in [0, 0.1) is 11.3 Å². The molecule has 174 valence electrons. The van der Waals surface area contributed by atoms with E-state index in [0.29, 0.717) is 36.9 Å². The number of carbonyl (C=O) groups excluding carboxylic acids is 2. The number of hydrogen-bond acceptors (Lipinski definition) is 5. The number of carbonyl (C=O) groups is 2. The maximum atomic E-state index is 13.2. The van der Waals surface area contributed by atoms with Gasteiger partial charge < -0.3 is 10.2 Å². The molecule has 3 aliphatic heterocycles. The Labute approximate surface area is 195 Å². The number of fused-ring (bicyclic) bond motifs is 2. The van der Waals surface area contributed by atoms with Crippen molar-refractivity contribution in [2.75, 3.05) is 18.0 Å². The Morgan fingerprint density at radius 3 is 2.21 bits per heavy atom. The highest BCUT2D eigenvalue weighted by Crippen LogP contribution is 2.45. The molecule has 2 bridgehead atoms. The minimum Gasteiger partial charge on any atom is -0.336 e. The molecular weight excluding hydrogens is 414 g/mol. The normalized spacial score (nSPS) is 24.9. The number of aromatic nitrogens is 2. The molecular formula is C26H33N5O2. The van der Waals surface area contributed by atoms with Crippen LogP contribution in [-0.4, -0.2) is 52.1 Å². The number of piperidine rings is 1. The van der Waals surface area contributed by atoms with E-state index < -0.39 is 0 Å². The largest absolute Gasteiger partial charge is 0.336 e. The first-order chi connectivity index (χ1) is 15.8. The minimum absolute atomic E-state index is 0.0352. The predicted octanol–water partition coefficient (Wildman–Crippen LogP) is 3.64. The molecule has 0 saturated carbocycles. The molecule has 0 aliphatic carbocycles. The number of nitrogens with one attached hydrogen (secondary N) is 1. The van der Waals surface area contributed by atoms with Gasteiger partial charge in [-0.05, 0) is 61.4 Å². The van der Waals surface area contributed by atoms with Crippen LogP contribution in [0.2, 0.25) is 0 Å². The molecule has 1 aromatic heterocycles. The summed E-state index contributed by atoms with van der Waals surface area (Å²) < 4.78 is 0. The smallest absolute Gasteiger partial charge is 0.238 e. The van der Waals surface area contributed by atoms with E-state index in [1.54, 1.807) is 17.2 Å². The van der Waals surface area contributed by atoms with Gasteiger partial charge in [-0.15, -0.1) is 5.10 Å². The monoisotopic (exact) mass is 447 g/mol. The SMILES string of the molecule is CC(C)(C)C(=O)N1C2CCC1CC(c1ccc(N(C(=O)C3CNC3)c3cccnn3)cc1)C2. The maximum absolute atomic E-state index is 13.2. The van der Waals surface area contributed by atoms with Crippen LogP contribution in [0.4, 0.5) is 11.5 Å². The highest BCUT2D eigenvalue weighted by Gasteiger charge is 2.46. The molecule has 3 fully saturated rings. The average molecular weight is 448 g/mol. The van der Waals surface area contributed by atoms with Crippen molar-refractivity contribution in [1.82, 2.24) is 20.4 Å². The lowest BCUT2D eigenvalue weighted by Gasteiger charge is -2.42. The molecule has 1 N–H and O–H groups in total. The zero-order valence-electron chi connectivity index (χ0n) is 19.7. The van der Waals surface area contributed by atoms with Gasteiger partial charge in [-0.3, -0.25) is 14.5 Å². The van der Waals surface area contributed by atoms with E-state index in [2.05, 4.69) is 32.5 Å². The first-order valence-corrected chi connectivity index (χ1v) is 12.1.